The summed E-state index contributed by atoms with van der Waals surface area (Å²) < 4.78 is 5.20. The van der Waals surface area contributed by atoms with E-state index in [4.69, 9.17) is 4.42 Å². The van der Waals surface area contributed by atoms with Crippen LogP contribution >= 0.6 is 15.9 Å². The van der Waals surface area contributed by atoms with Crippen molar-refractivity contribution in [3.05, 3.63) is 23.7 Å². The minimum atomic E-state index is -0.0134. The molecule has 1 saturated carbocycles. The average molecular weight is 286 g/mol. The highest BCUT2D eigenvalue weighted by molar-refractivity contribution is 9.09. The van der Waals surface area contributed by atoms with Crippen LogP contribution in [0.2, 0.25) is 0 Å². The van der Waals surface area contributed by atoms with E-state index in [1.165, 1.54) is 0 Å². The lowest BCUT2D eigenvalue weighted by molar-refractivity contribution is 0.0716. The van der Waals surface area contributed by atoms with Crippen molar-refractivity contribution in [2.75, 3.05) is 13.6 Å². The Morgan fingerprint density at radius 3 is 2.81 bits per heavy atom. The van der Waals surface area contributed by atoms with Gasteiger partial charge in [-0.1, -0.05) is 15.9 Å². The number of amides is 1. The number of furan rings is 1. The monoisotopic (exact) mass is 285 g/mol. The molecule has 0 radical (unpaired) electrons. The smallest absolute Gasteiger partial charge is 0.289 e. The molecule has 1 amide bonds. The lowest BCUT2D eigenvalue weighted by atomic mass is 9.85. The fraction of sp³-hybridized carbons (Fsp3) is 0.583. The summed E-state index contributed by atoms with van der Waals surface area (Å²) in [6, 6.07) is 1.82. The summed E-state index contributed by atoms with van der Waals surface area (Å²) in [4.78, 5) is 14.4. The van der Waals surface area contributed by atoms with Gasteiger partial charge in [-0.2, -0.15) is 0 Å². The van der Waals surface area contributed by atoms with Crippen molar-refractivity contribution < 1.29 is 9.21 Å². The molecular formula is C12H16BrNO2. The molecule has 0 saturated heterocycles. The van der Waals surface area contributed by atoms with Gasteiger partial charge in [0.2, 0.25) is 0 Å². The van der Waals surface area contributed by atoms with Gasteiger partial charge in [0.1, 0.15) is 0 Å². The zero-order valence-electron chi connectivity index (χ0n) is 9.57. The number of hydrogen-bond donors (Lipinski definition) is 0. The summed E-state index contributed by atoms with van der Waals surface area (Å²) in [5.41, 5.74) is 0.906. The molecule has 1 fully saturated rings. The summed E-state index contributed by atoms with van der Waals surface area (Å²) in [7, 11) is 1.84. The molecule has 1 aromatic heterocycles. The van der Waals surface area contributed by atoms with E-state index in [9.17, 15) is 4.79 Å². The van der Waals surface area contributed by atoms with Gasteiger partial charge in [-0.15, -0.1) is 0 Å². The standard InChI is InChI=1S/C12H16BrNO2/c1-8-3-4-16-11(8)12(15)14(2)7-9-5-10(13)6-9/h3-4,9-10H,5-7H2,1-2H3. The summed E-state index contributed by atoms with van der Waals surface area (Å²) in [5.74, 6) is 1.09. The quantitative estimate of drug-likeness (QED) is 0.801. The van der Waals surface area contributed by atoms with Crippen LogP contribution in [-0.2, 0) is 0 Å². The second-order valence-electron chi connectivity index (χ2n) is 4.55. The number of halogens is 1. The van der Waals surface area contributed by atoms with Crippen LogP contribution in [0.5, 0.6) is 0 Å². The number of aryl methyl sites for hydroxylation is 1. The fourth-order valence-electron chi connectivity index (χ4n) is 2.04. The van der Waals surface area contributed by atoms with Crippen LogP contribution < -0.4 is 0 Å². The first-order valence-electron chi connectivity index (χ1n) is 5.51. The largest absolute Gasteiger partial charge is 0.459 e. The molecule has 88 valence electrons. The predicted octanol–water partition coefficient (Wildman–Crippen LogP) is 2.83. The maximum absolute atomic E-state index is 12.0. The van der Waals surface area contributed by atoms with Crippen molar-refractivity contribution in [3.8, 4) is 0 Å². The van der Waals surface area contributed by atoms with Crippen LogP contribution in [0.15, 0.2) is 16.7 Å². The van der Waals surface area contributed by atoms with Crippen LogP contribution in [0.25, 0.3) is 0 Å². The topological polar surface area (TPSA) is 33.5 Å². The molecule has 3 nitrogen and oxygen atoms in total. The summed E-state index contributed by atoms with van der Waals surface area (Å²) in [6.07, 6.45) is 3.89. The maximum atomic E-state index is 12.0. The SMILES string of the molecule is Cc1ccoc1C(=O)N(C)CC1CC(Br)C1. The van der Waals surface area contributed by atoms with Gasteiger partial charge in [0.15, 0.2) is 5.76 Å². The molecule has 0 N–H and O–H groups in total. The molecule has 1 aliphatic carbocycles. The molecule has 1 heterocycles. The number of carbonyl (C=O) groups is 1. The Bertz CT molecular complexity index is 382. The fourth-order valence-corrected chi connectivity index (χ4v) is 3.10. The first-order chi connectivity index (χ1) is 7.58. The van der Waals surface area contributed by atoms with E-state index < -0.39 is 0 Å². The van der Waals surface area contributed by atoms with E-state index in [0.717, 1.165) is 24.9 Å². The average Bonchev–Trinajstić information content (AvgIpc) is 2.61. The molecule has 4 heteroatoms. The van der Waals surface area contributed by atoms with E-state index in [2.05, 4.69) is 15.9 Å². The molecule has 1 aromatic rings. The molecule has 16 heavy (non-hydrogen) atoms. The van der Waals surface area contributed by atoms with Gasteiger partial charge >= 0.3 is 0 Å². The van der Waals surface area contributed by atoms with Crippen molar-refractivity contribution in [1.82, 2.24) is 4.90 Å². The zero-order chi connectivity index (χ0) is 11.7. The lowest BCUT2D eigenvalue weighted by Gasteiger charge is -2.34. The van der Waals surface area contributed by atoms with Gasteiger partial charge in [0.05, 0.1) is 6.26 Å². The van der Waals surface area contributed by atoms with E-state index in [1.54, 1.807) is 11.2 Å². The van der Waals surface area contributed by atoms with Crippen LogP contribution in [0.4, 0.5) is 0 Å². The summed E-state index contributed by atoms with van der Waals surface area (Å²) in [5, 5.41) is 0. The minimum Gasteiger partial charge on any atom is -0.459 e. The maximum Gasteiger partial charge on any atom is 0.289 e. The first-order valence-corrected chi connectivity index (χ1v) is 6.43. The Labute approximate surface area is 104 Å². The highest BCUT2D eigenvalue weighted by Crippen LogP contribution is 2.33. The van der Waals surface area contributed by atoms with Crippen molar-refractivity contribution in [1.29, 1.82) is 0 Å². The molecule has 0 aromatic carbocycles. The molecule has 0 unspecified atom stereocenters. The number of alkyl halides is 1. The molecule has 0 spiro atoms. The van der Waals surface area contributed by atoms with Gasteiger partial charge in [-0.05, 0) is 31.7 Å². The normalized spacial score (nSPS) is 23.9. The highest BCUT2D eigenvalue weighted by Gasteiger charge is 2.29. The third-order valence-corrected chi connectivity index (χ3v) is 3.86. The third kappa shape index (κ3) is 2.32. The summed E-state index contributed by atoms with van der Waals surface area (Å²) >= 11 is 3.56. The van der Waals surface area contributed by atoms with Crippen LogP contribution in [0.3, 0.4) is 0 Å². The van der Waals surface area contributed by atoms with E-state index >= 15 is 0 Å². The Morgan fingerprint density at radius 2 is 2.31 bits per heavy atom. The van der Waals surface area contributed by atoms with Crippen LogP contribution in [-0.4, -0.2) is 29.2 Å². The third-order valence-electron chi connectivity index (χ3n) is 3.11. The number of nitrogens with zero attached hydrogens (tertiary/aromatic N) is 1. The molecule has 0 atom stereocenters. The van der Waals surface area contributed by atoms with Gasteiger partial charge in [-0.25, -0.2) is 0 Å². The van der Waals surface area contributed by atoms with Gasteiger partial charge in [-0.3, -0.25) is 4.79 Å². The van der Waals surface area contributed by atoms with Gasteiger partial charge in [0, 0.05) is 24.0 Å². The molecule has 2 rings (SSSR count). The lowest BCUT2D eigenvalue weighted by Crippen LogP contribution is -2.37. The molecule has 1 aliphatic rings. The van der Waals surface area contributed by atoms with E-state index in [0.29, 0.717) is 16.5 Å². The zero-order valence-corrected chi connectivity index (χ0v) is 11.2. The Balaban J connectivity index is 1.92. The minimum absolute atomic E-state index is 0.0134. The van der Waals surface area contributed by atoms with Crippen molar-refractivity contribution in [3.63, 3.8) is 0 Å². The Morgan fingerprint density at radius 1 is 1.62 bits per heavy atom. The highest BCUT2D eigenvalue weighted by atomic mass is 79.9. The predicted molar refractivity (Wildman–Crippen MR) is 65.8 cm³/mol. The van der Waals surface area contributed by atoms with Crippen molar-refractivity contribution >= 4 is 21.8 Å². The molecular weight excluding hydrogens is 270 g/mol. The second kappa shape index (κ2) is 4.62. The van der Waals surface area contributed by atoms with Crippen LogP contribution in [0.1, 0.15) is 29.0 Å². The van der Waals surface area contributed by atoms with Crippen molar-refractivity contribution in [2.45, 2.75) is 24.6 Å². The number of carbonyl (C=O) groups excluding carboxylic acids is 1. The first kappa shape index (κ1) is 11.7. The molecule has 0 aliphatic heterocycles. The van der Waals surface area contributed by atoms with E-state index in [-0.39, 0.29) is 5.91 Å². The van der Waals surface area contributed by atoms with Crippen LogP contribution in [0, 0.1) is 12.8 Å². The molecule has 0 bridgehead atoms. The number of hydrogen-bond acceptors (Lipinski definition) is 2. The van der Waals surface area contributed by atoms with Gasteiger partial charge in [0.25, 0.3) is 5.91 Å². The Hall–Kier alpha value is -0.770. The van der Waals surface area contributed by atoms with Gasteiger partial charge < -0.3 is 9.32 Å². The van der Waals surface area contributed by atoms with E-state index in [1.807, 2.05) is 20.0 Å². The van der Waals surface area contributed by atoms with Crippen molar-refractivity contribution in [2.24, 2.45) is 5.92 Å². The second-order valence-corrected chi connectivity index (χ2v) is 5.85. The Kier molecular flexibility index (Phi) is 3.38. The summed E-state index contributed by atoms with van der Waals surface area (Å²) in [6.45, 7) is 2.71. The number of rotatable bonds is 3.